The Hall–Kier alpha value is 0.931. The van der Waals surface area contributed by atoms with Gasteiger partial charge in [-0.15, -0.1) is 11.8 Å². The zero-order valence-electron chi connectivity index (χ0n) is 48.8. The number of rotatable bonds is 50. The summed E-state index contributed by atoms with van der Waals surface area (Å²) in [4.78, 5) is 0. The summed E-state index contributed by atoms with van der Waals surface area (Å²) in [6.45, 7) is 37.4. The van der Waals surface area contributed by atoms with Gasteiger partial charge in [0, 0.05) is 117 Å². The van der Waals surface area contributed by atoms with Crippen LogP contribution in [0, 0.1) is 0 Å². The van der Waals surface area contributed by atoms with Gasteiger partial charge in [-0.1, -0.05) is 0 Å². The number of hydrogen-bond donors (Lipinski definition) is 4. The van der Waals surface area contributed by atoms with Gasteiger partial charge >= 0.3 is 51.9 Å². The summed E-state index contributed by atoms with van der Waals surface area (Å²) in [5.41, 5.74) is 0. The summed E-state index contributed by atoms with van der Waals surface area (Å²) in [5.74, 6) is 0. The molecule has 0 bridgehead atoms. The van der Waals surface area contributed by atoms with Crippen molar-refractivity contribution in [1.82, 2.24) is 21.3 Å². The van der Waals surface area contributed by atoms with Crippen LogP contribution < -0.4 is 21.3 Å². The Balaban J connectivity index is 7.96. The normalized spacial score (nSPS) is 15.3. The average Bonchev–Trinajstić information content (AvgIpc) is 3.32. The maximum atomic E-state index is 6.31. The minimum absolute atomic E-state index is 0.282. The van der Waals surface area contributed by atoms with Gasteiger partial charge in [0.1, 0.15) is 0 Å². The Labute approximate surface area is 445 Å². The van der Waals surface area contributed by atoms with E-state index in [0.717, 1.165) is 49.9 Å². The molecule has 0 saturated heterocycles. The Morgan fingerprint density at radius 3 is 0.690 bits per heavy atom. The molecule has 4 N–H and O–H groups in total. The maximum absolute atomic E-state index is 6.31. The smallest absolute Gasteiger partial charge is 0.395 e. The molecule has 0 aliphatic rings. The molecule has 428 valence electrons. The lowest BCUT2D eigenvalue weighted by molar-refractivity contribution is 0.116. The van der Waals surface area contributed by atoms with E-state index >= 15 is 0 Å². The highest BCUT2D eigenvalue weighted by molar-refractivity contribution is 8.02. The molecule has 0 rings (SSSR count). The second kappa shape index (κ2) is 37.7. The first kappa shape index (κ1) is 71.9. The molecule has 0 aromatic rings. The number of thioether (sulfide) groups is 1. The zero-order chi connectivity index (χ0) is 54.1. The van der Waals surface area contributed by atoms with Crippen molar-refractivity contribution in [3.05, 3.63) is 0 Å². The highest BCUT2D eigenvalue weighted by Crippen LogP contribution is 2.49. The Bertz CT molecular complexity index is 1140. The minimum Gasteiger partial charge on any atom is -0.395 e. The van der Waals surface area contributed by atoms with Crippen LogP contribution >= 0.6 is 11.8 Å². The molecule has 0 aromatic carbocycles. The zero-order valence-corrected chi connectivity index (χ0v) is 55.7. The summed E-state index contributed by atoms with van der Waals surface area (Å²) in [6.07, 6.45) is 2.87. The first-order chi connectivity index (χ1) is 33.6. The fourth-order valence-electron chi connectivity index (χ4n) is 9.54. The third-order valence-corrected chi connectivity index (χ3v) is 33.4. The third-order valence-electron chi connectivity index (χ3n) is 12.9. The van der Waals surface area contributed by atoms with Gasteiger partial charge in [0.25, 0.3) is 0 Å². The van der Waals surface area contributed by atoms with Crippen molar-refractivity contribution in [3.63, 3.8) is 0 Å². The quantitative estimate of drug-likeness (QED) is 0.0261. The molecule has 2 unspecified atom stereocenters. The lowest BCUT2D eigenvalue weighted by Gasteiger charge is -2.50. The van der Waals surface area contributed by atoms with Crippen LogP contribution in [0.15, 0.2) is 0 Å². The van der Waals surface area contributed by atoms with E-state index in [1.165, 1.54) is 0 Å². The van der Waals surface area contributed by atoms with E-state index in [1.807, 2.05) is 67.2 Å². The Morgan fingerprint density at radius 2 is 0.535 bits per heavy atom. The van der Waals surface area contributed by atoms with Crippen LogP contribution in [0.25, 0.3) is 0 Å². The SMILES string of the molecule is CCO[Si](C)(CCCNC(NCCC[Si](C)(OCC)OCC)C(C)(C[Si](OC)(OC)OC)SC(C)(C[Si](OC)(OC)OC)C(NCCC[Si](C)(OCC)OCC)NCCC[Si](C)(OCC)OCC)OCC. The summed E-state index contributed by atoms with van der Waals surface area (Å²) < 4.78 is 86.7. The fraction of sp³-hybridized carbons (Fsp3) is 1.00. The molecule has 0 heterocycles. The standard InChI is InChI=1S/C46H110N4O14SSi6/c1-21-57-66(17,58-22-2)37-29-33-47-43(48-34-30-38-67(18,59-23-3)60-24-4)45(9,41-70(51-11,52-12)53-13)65-46(10,42-71(54-14,55-15)56-16)44(49-35-31-39-68(19,61-25-5)62-26-6)50-36-32-40-69(20,63-27-7)64-28-8/h43-44,47-50H,21-42H2,1-20H3. The highest BCUT2D eigenvalue weighted by Gasteiger charge is 2.57. The van der Waals surface area contributed by atoms with E-state index in [-0.39, 0.29) is 12.3 Å². The van der Waals surface area contributed by atoms with Crippen molar-refractivity contribution in [1.29, 1.82) is 0 Å². The molecule has 0 spiro atoms. The summed E-state index contributed by atoms with van der Waals surface area (Å²) >= 11 is 1.85. The molecule has 0 saturated carbocycles. The largest absolute Gasteiger partial charge is 0.501 e. The van der Waals surface area contributed by atoms with E-state index in [4.69, 9.17) is 62.0 Å². The predicted molar refractivity (Wildman–Crippen MR) is 304 cm³/mol. The molecule has 0 aromatic heterocycles. The van der Waals surface area contributed by atoms with Gasteiger partial charge in [0.15, 0.2) is 0 Å². The van der Waals surface area contributed by atoms with E-state index in [2.05, 4.69) is 61.3 Å². The fourth-order valence-corrected chi connectivity index (χ4v) is 26.5. The summed E-state index contributed by atoms with van der Waals surface area (Å²) in [6, 6.07) is 4.29. The van der Waals surface area contributed by atoms with Crippen LogP contribution in [0.2, 0.25) is 62.5 Å². The second-order valence-corrected chi connectivity index (χ2v) is 40.1. The molecule has 0 aliphatic carbocycles. The predicted octanol–water partition coefficient (Wildman–Crippen LogP) is 8.14. The molecule has 0 radical (unpaired) electrons. The Morgan fingerprint density at radius 1 is 0.352 bits per heavy atom. The van der Waals surface area contributed by atoms with E-state index < -0.39 is 61.3 Å². The molecular weight excluding hydrogens is 1030 g/mol. The monoisotopic (exact) mass is 1140 g/mol. The molecule has 0 aliphatic heterocycles. The second-order valence-electron chi connectivity index (χ2n) is 18.8. The summed E-state index contributed by atoms with van der Waals surface area (Å²) in [5, 5.41) is 16.1. The van der Waals surface area contributed by atoms with Crippen LogP contribution in [-0.4, -0.2) is 195 Å². The maximum Gasteiger partial charge on any atom is 0.501 e. The molecule has 18 nitrogen and oxygen atoms in total. The number of nitrogens with one attached hydrogen (secondary N) is 4. The van der Waals surface area contributed by atoms with Crippen LogP contribution in [0.3, 0.4) is 0 Å². The van der Waals surface area contributed by atoms with Gasteiger partial charge in [-0.05, 0) is 171 Å². The van der Waals surface area contributed by atoms with Gasteiger partial charge in [-0.2, -0.15) is 0 Å². The van der Waals surface area contributed by atoms with Crippen molar-refractivity contribution in [3.8, 4) is 0 Å². The van der Waals surface area contributed by atoms with Crippen molar-refractivity contribution >= 4 is 63.6 Å². The van der Waals surface area contributed by atoms with Crippen LogP contribution in [0.5, 0.6) is 0 Å². The lowest BCUT2D eigenvalue weighted by atomic mass is 10.1. The van der Waals surface area contributed by atoms with Gasteiger partial charge in [-0.3, -0.25) is 0 Å². The van der Waals surface area contributed by atoms with Gasteiger partial charge < -0.3 is 83.2 Å². The highest BCUT2D eigenvalue weighted by atomic mass is 32.2. The van der Waals surface area contributed by atoms with E-state index in [1.54, 1.807) is 42.7 Å². The third kappa shape index (κ3) is 26.4. The first-order valence-electron chi connectivity index (χ1n) is 26.7. The molecule has 0 amide bonds. The van der Waals surface area contributed by atoms with E-state index in [0.29, 0.717) is 91.1 Å². The Kier molecular flexibility index (Phi) is 38.2. The topological polar surface area (TPSA) is 177 Å². The van der Waals surface area contributed by atoms with Crippen LogP contribution in [-0.2, 0) is 62.0 Å². The van der Waals surface area contributed by atoms with Crippen molar-refractivity contribution in [2.75, 3.05) is 122 Å². The van der Waals surface area contributed by atoms with Crippen molar-refractivity contribution < 1.29 is 62.0 Å². The molecule has 25 heteroatoms. The van der Waals surface area contributed by atoms with Crippen molar-refractivity contribution in [2.24, 2.45) is 0 Å². The molecule has 71 heavy (non-hydrogen) atoms. The van der Waals surface area contributed by atoms with Gasteiger partial charge in [-0.25, -0.2) is 0 Å². The molecular formula is C46H110N4O14SSi6. The number of hydrogen-bond acceptors (Lipinski definition) is 19. The van der Waals surface area contributed by atoms with Crippen LogP contribution in [0.4, 0.5) is 0 Å². The molecule has 0 fully saturated rings. The van der Waals surface area contributed by atoms with Crippen molar-refractivity contribution in [2.45, 2.75) is 179 Å². The average molecular weight is 1140 g/mol. The summed E-state index contributed by atoms with van der Waals surface area (Å²) in [7, 11) is -6.01. The minimum atomic E-state index is -3.30. The first-order valence-corrected chi connectivity index (χ1v) is 41.4. The van der Waals surface area contributed by atoms with Gasteiger partial charge in [0.2, 0.25) is 0 Å². The van der Waals surface area contributed by atoms with Crippen LogP contribution in [0.1, 0.15) is 94.9 Å². The molecule has 2 atom stereocenters. The van der Waals surface area contributed by atoms with Gasteiger partial charge in [0.05, 0.1) is 12.3 Å². The van der Waals surface area contributed by atoms with E-state index in [9.17, 15) is 0 Å². The lowest BCUT2D eigenvalue weighted by Crippen LogP contribution is -2.66.